The predicted molar refractivity (Wildman–Crippen MR) is 82.1 cm³/mol. The number of rotatable bonds is 4. The molecule has 110 valence electrons. The molecule has 0 spiro atoms. The lowest BCUT2D eigenvalue weighted by molar-refractivity contribution is -0.384. The Morgan fingerprint density at radius 1 is 1.24 bits per heavy atom. The van der Waals surface area contributed by atoms with E-state index in [1.54, 1.807) is 12.1 Å². The summed E-state index contributed by atoms with van der Waals surface area (Å²) in [5.41, 5.74) is 0.418. The van der Waals surface area contributed by atoms with Crippen molar-refractivity contribution in [3.63, 3.8) is 0 Å². The number of methoxy groups -OCH3 is 2. The van der Waals surface area contributed by atoms with Crippen LogP contribution in [0.5, 0.6) is 11.5 Å². The predicted octanol–water partition coefficient (Wildman–Crippen LogP) is 4.09. The summed E-state index contributed by atoms with van der Waals surface area (Å²) in [6, 6.07) is 5.97. The molecule has 0 fully saturated rings. The van der Waals surface area contributed by atoms with E-state index in [-0.39, 0.29) is 16.5 Å². The van der Waals surface area contributed by atoms with E-state index < -0.39 is 4.92 Å². The molecular formula is C13H10BrClN2O4. The van der Waals surface area contributed by atoms with Crippen molar-refractivity contribution in [2.45, 2.75) is 0 Å². The van der Waals surface area contributed by atoms with Crippen molar-refractivity contribution in [2.24, 2.45) is 0 Å². The van der Waals surface area contributed by atoms with Crippen LogP contribution in [0.3, 0.4) is 0 Å². The van der Waals surface area contributed by atoms with Gasteiger partial charge in [-0.05, 0) is 34.1 Å². The summed E-state index contributed by atoms with van der Waals surface area (Å²) in [7, 11) is 2.97. The first-order chi connectivity index (χ1) is 9.99. The minimum Gasteiger partial charge on any atom is -0.495 e. The van der Waals surface area contributed by atoms with Crippen molar-refractivity contribution in [2.75, 3.05) is 14.2 Å². The zero-order chi connectivity index (χ0) is 15.6. The van der Waals surface area contributed by atoms with Crippen molar-refractivity contribution < 1.29 is 14.4 Å². The zero-order valence-corrected chi connectivity index (χ0v) is 13.4. The van der Waals surface area contributed by atoms with Crippen LogP contribution in [-0.2, 0) is 0 Å². The number of hydrogen-bond donors (Lipinski definition) is 0. The van der Waals surface area contributed by atoms with E-state index in [9.17, 15) is 10.1 Å². The van der Waals surface area contributed by atoms with Gasteiger partial charge >= 0.3 is 0 Å². The molecule has 1 heterocycles. The Morgan fingerprint density at radius 3 is 2.52 bits per heavy atom. The fourth-order valence-electron chi connectivity index (χ4n) is 1.86. The largest absolute Gasteiger partial charge is 0.495 e. The number of halogens is 2. The van der Waals surface area contributed by atoms with Gasteiger partial charge in [0, 0.05) is 6.07 Å². The smallest absolute Gasteiger partial charge is 0.295 e. The van der Waals surface area contributed by atoms with Crippen LogP contribution < -0.4 is 9.47 Å². The van der Waals surface area contributed by atoms with Gasteiger partial charge in [0.2, 0.25) is 0 Å². The molecule has 0 saturated carbocycles. The molecule has 0 amide bonds. The molecule has 0 N–H and O–H groups in total. The highest BCUT2D eigenvalue weighted by Gasteiger charge is 2.23. The van der Waals surface area contributed by atoms with Crippen molar-refractivity contribution >= 4 is 33.2 Å². The summed E-state index contributed by atoms with van der Waals surface area (Å²) in [5.74, 6) is 0.924. The standard InChI is InChI=1S/C13H10BrClN2O4/c1-20-9-5-3-7(13(21-2)11(9)14)12-8(17(18)19)4-6-10(15)16-12/h3-6H,1-2H3. The van der Waals surface area contributed by atoms with E-state index in [4.69, 9.17) is 21.1 Å². The Labute approximate surface area is 133 Å². The van der Waals surface area contributed by atoms with Crippen LogP contribution >= 0.6 is 27.5 Å². The van der Waals surface area contributed by atoms with Gasteiger partial charge in [0.15, 0.2) is 5.69 Å². The SMILES string of the molecule is COc1ccc(-c2nc(Cl)ccc2[N+](=O)[O-])c(OC)c1Br. The summed E-state index contributed by atoms with van der Waals surface area (Å²) in [5, 5.41) is 11.3. The number of aromatic nitrogens is 1. The number of benzene rings is 1. The molecule has 0 unspecified atom stereocenters. The second-order valence-electron chi connectivity index (χ2n) is 3.92. The van der Waals surface area contributed by atoms with Crippen LogP contribution in [0.4, 0.5) is 5.69 Å². The topological polar surface area (TPSA) is 74.5 Å². The highest BCUT2D eigenvalue weighted by atomic mass is 79.9. The van der Waals surface area contributed by atoms with Gasteiger partial charge in [0.05, 0.1) is 24.7 Å². The quantitative estimate of drug-likeness (QED) is 0.458. The molecule has 0 atom stereocenters. The monoisotopic (exact) mass is 372 g/mol. The Bertz CT molecular complexity index is 709. The van der Waals surface area contributed by atoms with E-state index in [0.29, 0.717) is 21.5 Å². The number of nitro groups is 1. The minimum absolute atomic E-state index is 0.132. The molecule has 21 heavy (non-hydrogen) atoms. The molecule has 0 saturated heterocycles. The Balaban J connectivity index is 2.75. The maximum absolute atomic E-state index is 11.2. The molecule has 0 bridgehead atoms. The van der Waals surface area contributed by atoms with Crippen molar-refractivity contribution in [1.82, 2.24) is 4.98 Å². The number of ether oxygens (including phenoxy) is 2. The molecule has 2 aromatic rings. The van der Waals surface area contributed by atoms with Gasteiger partial charge in [0.1, 0.15) is 21.1 Å². The van der Waals surface area contributed by atoms with E-state index >= 15 is 0 Å². The van der Waals surface area contributed by atoms with Gasteiger partial charge in [-0.2, -0.15) is 0 Å². The first-order valence-electron chi connectivity index (χ1n) is 5.71. The van der Waals surface area contributed by atoms with Gasteiger partial charge in [-0.15, -0.1) is 0 Å². The molecule has 0 radical (unpaired) electrons. The van der Waals surface area contributed by atoms with Crippen LogP contribution in [-0.4, -0.2) is 24.1 Å². The van der Waals surface area contributed by atoms with E-state index in [0.717, 1.165) is 0 Å². The van der Waals surface area contributed by atoms with Crippen molar-refractivity contribution in [1.29, 1.82) is 0 Å². The summed E-state index contributed by atoms with van der Waals surface area (Å²) in [6.45, 7) is 0. The molecular weight excluding hydrogens is 364 g/mol. The van der Waals surface area contributed by atoms with Gasteiger partial charge in [-0.25, -0.2) is 4.98 Å². The van der Waals surface area contributed by atoms with Crippen molar-refractivity contribution in [3.05, 3.63) is 44.0 Å². The molecule has 2 rings (SSSR count). The third-order valence-corrected chi connectivity index (χ3v) is 3.74. The summed E-state index contributed by atoms with van der Waals surface area (Å²) in [4.78, 5) is 14.7. The zero-order valence-electron chi connectivity index (χ0n) is 11.1. The number of hydrogen-bond acceptors (Lipinski definition) is 5. The molecule has 1 aromatic heterocycles. The fourth-order valence-corrected chi connectivity index (χ4v) is 2.67. The van der Waals surface area contributed by atoms with E-state index in [1.165, 1.54) is 26.4 Å². The highest BCUT2D eigenvalue weighted by Crippen LogP contribution is 2.43. The Hall–Kier alpha value is -1.86. The van der Waals surface area contributed by atoms with Crippen molar-refractivity contribution in [3.8, 4) is 22.8 Å². The lowest BCUT2D eigenvalue weighted by atomic mass is 10.1. The van der Waals surface area contributed by atoms with E-state index in [2.05, 4.69) is 20.9 Å². The average Bonchev–Trinajstić information content (AvgIpc) is 2.46. The number of pyridine rings is 1. The first kappa shape index (κ1) is 15.5. The molecule has 0 aliphatic carbocycles. The first-order valence-corrected chi connectivity index (χ1v) is 6.88. The van der Waals surface area contributed by atoms with Gasteiger partial charge in [-0.1, -0.05) is 11.6 Å². The number of nitrogens with zero attached hydrogens (tertiary/aromatic N) is 2. The molecule has 0 aliphatic rings. The third kappa shape index (κ3) is 2.93. The molecule has 0 aliphatic heterocycles. The van der Waals surface area contributed by atoms with Crippen LogP contribution in [0.15, 0.2) is 28.7 Å². The third-order valence-electron chi connectivity index (χ3n) is 2.78. The normalized spacial score (nSPS) is 10.3. The maximum Gasteiger partial charge on any atom is 0.295 e. The van der Waals surface area contributed by atoms with Crippen LogP contribution in [0.25, 0.3) is 11.3 Å². The highest BCUT2D eigenvalue weighted by molar-refractivity contribution is 9.10. The summed E-state index contributed by atoms with van der Waals surface area (Å²) >= 11 is 9.20. The average molecular weight is 374 g/mol. The fraction of sp³-hybridized carbons (Fsp3) is 0.154. The van der Waals surface area contributed by atoms with Crippen LogP contribution in [0.1, 0.15) is 0 Å². The molecule has 6 nitrogen and oxygen atoms in total. The van der Waals surface area contributed by atoms with Crippen LogP contribution in [0.2, 0.25) is 5.15 Å². The second kappa shape index (κ2) is 6.28. The molecule has 8 heteroatoms. The van der Waals surface area contributed by atoms with Gasteiger partial charge < -0.3 is 9.47 Å². The summed E-state index contributed by atoms with van der Waals surface area (Å²) < 4.78 is 11.0. The maximum atomic E-state index is 11.2. The van der Waals surface area contributed by atoms with Gasteiger partial charge in [0.25, 0.3) is 5.69 Å². The van der Waals surface area contributed by atoms with E-state index in [1.807, 2.05) is 0 Å². The minimum atomic E-state index is -0.518. The lowest BCUT2D eigenvalue weighted by Gasteiger charge is -2.13. The van der Waals surface area contributed by atoms with Gasteiger partial charge in [-0.3, -0.25) is 10.1 Å². The van der Waals surface area contributed by atoms with Crippen LogP contribution in [0, 0.1) is 10.1 Å². The summed E-state index contributed by atoms with van der Waals surface area (Å²) in [6.07, 6.45) is 0. The Kier molecular flexibility index (Phi) is 4.64. The lowest BCUT2D eigenvalue weighted by Crippen LogP contribution is -1.98. The molecule has 1 aromatic carbocycles. The Morgan fingerprint density at radius 2 is 1.95 bits per heavy atom. The second-order valence-corrected chi connectivity index (χ2v) is 5.10.